The van der Waals surface area contributed by atoms with Crippen molar-refractivity contribution in [1.82, 2.24) is 19.9 Å². The van der Waals surface area contributed by atoms with E-state index in [0.717, 1.165) is 49.1 Å². The normalized spacial score (nSPS) is 19.3. The van der Waals surface area contributed by atoms with Crippen LogP contribution in [-0.4, -0.2) is 32.5 Å². The molecule has 0 radical (unpaired) electrons. The number of hydrogen-bond donors (Lipinski definition) is 2. The molecule has 1 saturated carbocycles. The number of hydrogen-bond acceptors (Lipinski definition) is 4. The third kappa shape index (κ3) is 4.19. The molecule has 0 unspecified atom stereocenters. The third-order valence-corrected chi connectivity index (χ3v) is 5.77. The number of nitrogens with zero attached hydrogens (tertiary/aromatic N) is 3. The lowest BCUT2D eigenvalue weighted by Crippen LogP contribution is -2.40. The number of fused-ring (bicyclic) bond motifs is 1. The molecule has 3 aromatic rings. The monoisotopic (exact) mass is 415 g/mol. The quantitative estimate of drug-likeness (QED) is 0.648. The molecule has 1 fully saturated rings. The second kappa shape index (κ2) is 8.37. The van der Waals surface area contributed by atoms with Crippen LogP contribution in [0.3, 0.4) is 0 Å². The molecule has 8 heteroatoms. The van der Waals surface area contributed by atoms with Gasteiger partial charge < -0.3 is 15.2 Å². The van der Waals surface area contributed by atoms with Gasteiger partial charge in [0.1, 0.15) is 23.6 Å². The number of anilines is 1. The van der Waals surface area contributed by atoms with Crippen molar-refractivity contribution >= 4 is 34.4 Å². The predicted octanol–water partition coefficient (Wildman–Crippen LogP) is 4.40. The first-order valence-electron chi connectivity index (χ1n) is 9.87. The number of aryl methyl sites for hydroxylation is 1. The highest BCUT2D eigenvalue weighted by Gasteiger charge is 2.24. The van der Waals surface area contributed by atoms with Crippen LogP contribution >= 0.6 is 11.6 Å². The summed E-state index contributed by atoms with van der Waals surface area (Å²) < 4.78 is 15.4. The van der Waals surface area contributed by atoms with Gasteiger partial charge in [-0.05, 0) is 56.9 Å². The summed E-state index contributed by atoms with van der Waals surface area (Å²) >= 11 is 5.77. The molecule has 0 aliphatic heterocycles. The van der Waals surface area contributed by atoms with E-state index in [1.165, 1.54) is 18.2 Å². The molecule has 2 N–H and O–H groups in total. The van der Waals surface area contributed by atoms with Crippen LogP contribution < -0.4 is 10.6 Å². The van der Waals surface area contributed by atoms with Crippen molar-refractivity contribution in [3.63, 3.8) is 0 Å². The van der Waals surface area contributed by atoms with Gasteiger partial charge in [0.05, 0.1) is 10.4 Å². The zero-order valence-electron chi connectivity index (χ0n) is 16.2. The third-order valence-electron chi connectivity index (χ3n) is 5.48. The summed E-state index contributed by atoms with van der Waals surface area (Å²) in [5.41, 5.74) is 1.31. The standard InChI is InChI=1S/C21H23ClFN5O/c1-2-28-10-9-16-19(24-12-25-20(16)28)26-14-4-6-15(7-5-14)27-21(29)13-3-8-18(23)17(22)11-13/h3,8-12,14-15H,2,4-7H2,1H3,(H,27,29)(H,24,25,26)/t14-,15+. The fourth-order valence-corrected chi connectivity index (χ4v) is 4.04. The van der Waals surface area contributed by atoms with E-state index in [1.54, 1.807) is 6.33 Å². The first-order valence-corrected chi connectivity index (χ1v) is 10.2. The first kappa shape index (κ1) is 19.6. The van der Waals surface area contributed by atoms with Crippen LogP contribution in [0.2, 0.25) is 5.02 Å². The van der Waals surface area contributed by atoms with Gasteiger partial charge in [0, 0.05) is 30.4 Å². The van der Waals surface area contributed by atoms with Crippen molar-refractivity contribution in [2.45, 2.75) is 51.2 Å². The lowest BCUT2D eigenvalue weighted by molar-refractivity contribution is 0.0926. The van der Waals surface area contributed by atoms with Gasteiger partial charge >= 0.3 is 0 Å². The van der Waals surface area contributed by atoms with Gasteiger partial charge in [-0.25, -0.2) is 14.4 Å². The molecule has 4 rings (SSSR count). The summed E-state index contributed by atoms with van der Waals surface area (Å²) in [5, 5.41) is 7.56. The highest BCUT2D eigenvalue weighted by Crippen LogP contribution is 2.26. The smallest absolute Gasteiger partial charge is 0.251 e. The molecular formula is C21H23ClFN5O. The Morgan fingerprint density at radius 3 is 2.69 bits per heavy atom. The molecule has 1 aromatic carbocycles. The number of carbonyl (C=O) groups excluding carboxylic acids is 1. The van der Waals surface area contributed by atoms with Crippen LogP contribution in [0, 0.1) is 5.82 Å². The lowest BCUT2D eigenvalue weighted by Gasteiger charge is -2.30. The molecule has 6 nitrogen and oxygen atoms in total. The summed E-state index contributed by atoms with van der Waals surface area (Å²) in [6, 6.07) is 6.46. The number of rotatable bonds is 5. The minimum absolute atomic E-state index is 0.0429. The predicted molar refractivity (Wildman–Crippen MR) is 112 cm³/mol. The Balaban J connectivity index is 1.34. The molecule has 1 amide bonds. The van der Waals surface area contributed by atoms with Gasteiger partial charge in [0.25, 0.3) is 5.91 Å². The summed E-state index contributed by atoms with van der Waals surface area (Å²) in [5.74, 6) is 0.111. The van der Waals surface area contributed by atoms with E-state index in [9.17, 15) is 9.18 Å². The zero-order valence-corrected chi connectivity index (χ0v) is 16.9. The Kier molecular flexibility index (Phi) is 5.67. The topological polar surface area (TPSA) is 71.8 Å². The minimum Gasteiger partial charge on any atom is -0.367 e. The van der Waals surface area contributed by atoms with E-state index in [-0.39, 0.29) is 17.0 Å². The first-order chi connectivity index (χ1) is 14.0. The van der Waals surface area contributed by atoms with E-state index >= 15 is 0 Å². The Morgan fingerprint density at radius 1 is 1.21 bits per heavy atom. The number of benzene rings is 1. The lowest BCUT2D eigenvalue weighted by atomic mass is 9.91. The van der Waals surface area contributed by atoms with Crippen molar-refractivity contribution in [3.8, 4) is 0 Å². The molecule has 0 spiro atoms. The maximum absolute atomic E-state index is 13.3. The van der Waals surface area contributed by atoms with Crippen LogP contribution in [0.5, 0.6) is 0 Å². The molecular weight excluding hydrogens is 393 g/mol. The van der Waals surface area contributed by atoms with Gasteiger partial charge in [0.2, 0.25) is 0 Å². The van der Waals surface area contributed by atoms with Crippen LogP contribution in [0.4, 0.5) is 10.2 Å². The molecule has 2 heterocycles. The van der Waals surface area contributed by atoms with Gasteiger partial charge in [-0.2, -0.15) is 0 Å². The molecule has 29 heavy (non-hydrogen) atoms. The average molecular weight is 416 g/mol. The Morgan fingerprint density at radius 2 is 1.97 bits per heavy atom. The highest BCUT2D eigenvalue weighted by atomic mass is 35.5. The van der Waals surface area contributed by atoms with Crippen molar-refractivity contribution in [3.05, 3.63) is 53.2 Å². The van der Waals surface area contributed by atoms with Crippen LogP contribution in [0.1, 0.15) is 43.0 Å². The second-order valence-corrected chi connectivity index (χ2v) is 7.76. The molecule has 0 saturated heterocycles. The van der Waals surface area contributed by atoms with Gasteiger partial charge in [-0.1, -0.05) is 11.6 Å². The molecule has 0 bridgehead atoms. The Labute approximate surface area is 173 Å². The summed E-state index contributed by atoms with van der Waals surface area (Å²) in [6.45, 7) is 2.95. The SMILES string of the molecule is CCn1ccc2c(N[C@H]3CC[C@@H](NC(=O)c4ccc(F)c(Cl)c4)CC3)ncnc21. The van der Waals surface area contributed by atoms with E-state index in [2.05, 4.69) is 32.1 Å². The number of amides is 1. The highest BCUT2D eigenvalue weighted by molar-refractivity contribution is 6.31. The van der Waals surface area contributed by atoms with Gasteiger partial charge in [0.15, 0.2) is 0 Å². The van der Waals surface area contributed by atoms with Crippen LogP contribution in [0.15, 0.2) is 36.8 Å². The fourth-order valence-electron chi connectivity index (χ4n) is 3.86. The maximum atomic E-state index is 13.3. The zero-order chi connectivity index (χ0) is 20.4. The number of halogens is 2. The minimum atomic E-state index is -0.525. The van der Waals surface area contributed by atoms with Gasteiger partial charge in [-0.15, -0.1) is 0 Å². The Hall–Kier alpha value is -2.67. The number of nitrogens with one attached hydrogen (secondary N) is 2. The van der Waals surface area contributed by atoms with Crippen LogP contribution in [-0.2, 0) is 6.54 Å². The fraction of sp³-hybridized carbons (Fsp3) is 0.381. The van der Waals surface area contributed by atoms with E-state index in [0.29, 0.717) is 11.6 Å². The maximum Gasteiger partial charge on any atom is 0.251 e. The summed E-state index contributed by atoms with van der Waals surface area (Å²) in [7, 11) is 0. The summed E-state index contributed by atoms with van der Waals surface area (Å²) in [6.07, 6.45) is 7.20. The second-order valence-electron chi connectivity index (χ2n) is 7.36. The average Bonchev–Trinajstić information content (AvgIpc) is 3.15. The number of carbonyl (C=O) groups is 1. The largest absolute Gasteiger partial charge is 0.367 e. The molecule has 0 atom stereocenters. The Bertz CT molecular complexity index is 1030. The molecule has 2 aromatic heterocycles. The molecule has 1 aliphatic rings. The van der Waals surface area contributed by atoms with Crippen molar-refractivity contribution in [2.24, 2.45) is 0 Å². The van der Waals surface area contributed by atoms with E-state index < -0.39 is 5.82 Å². The summed E-state index contributed by atoms with van der Waals surface area (Å²) in [4.78, 5) is 21.2. The van der Waals surface area contributed by atoms with E-state index in [4.69, 9.17) is 11.6 Å². The number of aromatic nitrogens is 3. The molecule has 1 aliphatic carbocycles. The molecule has 152 valence electrons. The van der Waals surface area contributed by atoms with E-state index in [1.807, 2.05) is 12.3 Å². The van der Waals surface area contributed by atoms with Gasteiger partial charge in [-0.3, -0.25) is 4.79 Å². The van der Waals surface area contributed by atoms with Crippen molar-refractivity contribution < 1.29 is 9.18 Å². The van der Waals surface area contributed by atoms with Crippen molar-refractivity contribution in [1.29, 1.82) is 0 Å². The van der Waals surface area contributed by atoms with Crippen molar-refractivity contribution in [2.75, 3.05) is 5.32 Å². The van der Waals surface area contributed by atoms with Crippen LogP contribution in [0.25, 0.3) is 11.0 Å².